The predicted molar refractivity (Wildman–Crippen MR) is 74.2 cm³/mol. The number of nitrogens with zero attached hydrogens (tertiary/aromatic N) is 2. The number of hydrogen-bond acceptors (Lipinski definition) is 5. The molecule has 4 nitrogen and oxygen atoms in total. The monoisotopic (exact) mass is 263 g/mol. The molecule has 0 radical (unpaired) electrons. The predicted octanol–water partition coefficient (Wildman–Crippen LogP) is 3.50. The van der Waals surface area contributed by atoms with Crippen LogP contribution in [0.1, 0.15) is 31.9 Å². The molecule has 96 valence electrons. The van der Waals surface area contributed by atoms with Crippen LogP contribution in [-0.4, -0.2) is 16.8 Å². The molecule has 18 heavy (non-hydrogen) atoms. The van der Waals surface area contributed by atoms with Crippen LogP contribution in [0.4, 0.5) is 5.13 Å². The second-order valence-corrected chi connectivity index (χ2v) is 4.86. The first-order valence-electron chi connectivity index (χ1n) is 6.05. The van der Waals surface area contributed by atoms with Gasteiger partial charge in [-0.05, 0) is 31.0 Å². The first-order chi connectivity index (χ1) is 8.79. The lowest BCUT2D eigenvalue weighted by Crippen LogP contribution is -2.06. The van der Waals surface area contributed by atoms with E-state index < -0.39 is 0 Å². The Kier molecular flexibility index (Phi) is 4.52. The van der Waals surface area contributed by atoms with Gasteiger partial charge in [0.25, 0.3) is 0 Å². The molecule has 0 amide bonds. The third-order valence-electron chi connectivity index (χ3n) is 2.55. The normalized spacial score (nSPS) is 12.1. The molecule has 1 heterocycles. The summed E-state index contributed by atoms with van der Waals surface area (Å²) in [5.74, 6) is 0.920. The maximum Gasteiger partial charge on any atom is 0.205 e. The Morgan fingerprint density at radius 1 is 1.33 bits per heavy atom. The van der Waals surface area contributed by atoms with Crippen molar-refractivity contribution < 1.29 is 4.74 Å². The van der Waals surface area contributed by atoms with Gasteiger partial charge in [0.15, 0.2) is 0 Å². The zero-order chi connectivity index (χ0) is 12.8. The van der Waals surface area contributed by atoms with Crippen molar-refractivity contribution in [1.82, 2.24) is 10.2 Å². The van der Waals surface area contributed by atoms with Gasteiger partial charge in [-0.2, -0.15) is 0 Å². The van der Waals surface area contributed by atoms with E-state index in [1.807, 2.05) is 12.1 Å². The molecule has 1 aromatic carbocycles. The summed E-state index contributed by atoms with van der Waals surface area (Å²) in [7, 11) is 0. The largest absolute Gasteiger partial charge is 0.494 e. The molecule has 0 bridgehead atoms. The number of nitrogens with one attached hydrogen (secondary N) is 1. The fourth-order valence-corrected chi connectivity index (χ4v) is 2.11. The fraction of sp³-hybridized carbons (Fsp3) is 0.385. The average molecular weight is 263 g/mol. The van der Waals surface area contributed by atoms with Crippen LogP contribution in [0, 0.1) is 0 Å². The summed E-state index contributed by atoms with van der Waals surface area (Å²) in [6.07, 6.45) is 1.02. The van der Waals surface area contributed by atoms with Crippen molar-refractivity contribution in [2.24, 2.45) is 0 Å². The van der Waals surface area contributed by atoms with E-state index in [0.29, 0.717) is 0 Å². The van der Waals surface area contributed by atoms with Crippen LogP contribution in [0.5, 0.6) is 5.75 Å². The molecule has 0 aliphatic rings. The Morgan fingerprint density at radius 3 is 2.72 bits per heavy atom. The number of benzene rings is 1. The van der Waals surface area contributed by atoms with Gasteiger partial charge in [-0.25, -0.2) is 0 Å². The smallest absolute Gasteiger partial charge is 0.205 e. The van der Waals surface area contributed by atoms with E-state index in [1.165, 1.54) is 16.9 Å². The van der Waals surface area contributed by atoms with Crippen molar-refractivity contribution in [1.29, 1.82) is 0 Å². The van der Waals surface area contributed by atoms with E-state index in [9.17, 15) is 0 Å². The minimum Gasteiger partial charge on any atom is -0.494 e. The zero-order valence-corrected chi connectivity index (χ0v) is 11.4. The highest BCUT2D eigenvalue weighted by Gasteiger charge is 2.07. The quantitative estimate of drug-likeness (QED) is 0.866. The lowest BCUT2D eigenvalue weighted by atomic mass is 10.1. The highest BCUT2D eigenvalue weighted by Crippen LogP contribution is 2.22. The molecule has 2 rings (SSSR count). The van der Waals surface area contributed by atoms with E-state index in [4.69, 9.17) is 4.74 Å². The second kappa shape index (κ2) is 6.35. The Hall–Kier alpha value is -1.62. The molecule has 1 atom stereocenters. The molecule has 0 aliphatic carbocycles. The molecular weight excluding hydrogens is 246 g/mol. The van der Waals surface area contributed by atoms with Gasteiger partial charge in [-0.15, -0.1) is 10.2 Å². The molecule has 2 aromatic rings. The highest BCUT2D eigenvalue weighted by molar-refractivity contribution is 7.13. The minimum atomic E-state index is 0.207. The first-order valence-corrected chi connectivity index (χ1v) is 6.93. The van der Waals surface area contributed by atoms with Gasteiger partial charge >= 0.3 is 0 Å². The van der Waals surface area contributed by atoms with E-state index in [-0.39, 0.29) is 6.04 Å². The third kappa shape index (κ3) is 3.43. The summed E-state index contributed by atoms with van der Waals surface area (Å²) < 4.78 is 5.56. The van der Waals surface area contributed by atoms with Gasteiger partial charge in [0.05, 0.1) is 12.6 Å². The second-order valence-electron chi connectivity index (χ2n) is 4.03. The summed E-state index contributed by atoms with van der Waals surface area (Å²) in [5, 5.41) is 11.9. The minimum absolute atomic E-state index is 0.207. The van der Waals surface area contributed by atoms with Crippen molar-refractivity contribution in [3.63, 3.8) is 0 Å². The van der Waals surface area contributed by atoms with E-state index in [1.54, 1.807) is 5.51 Å². The molecule has 1 N–H and O–H groups in total. The summed E-state index contributed by atoms with van der Waals surface area (Å²) in [6.45, 7) is 4.96. The molecule has 1 unspecified atom stereocenters. The van der Waals surface area contributed by atoms with Crippen molar-refractivity contribution in [2.75, 3.05) is 11.9 Å². The van der Waals surface area contributed by atoms with Crippen LogP contribution < -0.4 is 10.1 Å². The van der Waals surface area contributed by atoms with Crippen molar-refractivity contribution in [2.45, 2.75) is 26.3 Å². The van der Waals surface area contributed by atoms with Crippen LogP contribution in [0.15, 0.2) is 29.8 Å². The number of hydrogen-bond donors (Lipinski definition) is 1. The van der Waals surface area contributed by atoms with Gasteiger partial charge in [0.2, 0.25) is 5.13 Å². The maximum atomic E-state index is 5.56. The summed E-state index contributed by atoms with van der Waals surface area (Å²) in [4.78, 5) is 0. The Morgan fingerprint density at radius 2 is 2.11 bits per heavy atom. The van der Waals surface area contributed by atoms with Crippen LogP contribution >= 0.6 is 11.3 Å². The maximum absolute atomic E-state index is 5.56. The van der Waals surface area contributed by atoms with Gasteiger partial charge in [0.1, 0.15) is 11.3 Å². The average Bonchev–Trinajstić information content (AvgIpc) is 2.89. The van der Waals surface area contributed by atoms with Gasteiger partial charge in [0, 0.05) is 0 Å². The summed E-state index contributed by atoms with van der Waals surface area (Å²) in [6, 6.07) is 8.36. The Bertz CT molecular complexity index is 456. The fourth-order valence-electron chi connectivity index (χ4n) is 1.58. The number of rotatable bonds is 6. The number of aromatic nitrogens is 2. The summed E-state index contributed by atoms with van der Waals surface area (Å²) >= 11 is 1.50. The lowest BCUT2D eigenvalue weighted by Gasteiger charge is -2.13. The van der Waals surface area contributed by atoms with Crippen molar-refractivity contribution in [3.05, 3.63) is 35.3 Å². The van der Waals surface area contributed by atoms with Crippen LogP contribution in [0.25, 0.3) is 0 Å². The summed E-state index contributed by atoms with van der Waals surface area (Å²) in [5.41, 5.74) is 2.92. The molecular formula is C13H17N3OS. The van der Waals surface area contributed by atoms with Gasteiger partial charge < -0.3 is 10.1 Å². The number of anilines is 1. The third-order valence-corrected chi connectivity index (χ3v) is 3.18. The van der Waals surface area contributed by atoms with Gasteiger partial charge in [-0.3, -0.25) is 0 Å². The highest BCUT2D eigenvalue weighted by atomic mass is 32.1. The number of ether oxygens (including phenoxy) is 1. The van der Waals surface area contributed by atoms with Crippen molar-refractivity contribution >= 4 is 16.5 Å². The molecule has 0 spiro atoms. The van der Waals surface area contributed by atoms with Gasteiger partial charge in [-0.1, -0.05) is 30.4 Å². The first kappa shape index (κ1) is 12.8. The van der Waals surface area contributed by atoms with E-state index in [2.05, 4.69) is 41.5 Å². The van der Waals surface area contributed by atoms with Crippen LogP contribution in [0.3, 0.4) is 0 Å². The standard InChI is InChI=1S/C13H17N3OS/c1-3-8-17-12-6-4-11(5-7-12)10(2)15-13-16-14-9-18-13/h4-7,9-10H,3,8H2,1-2H3,(H,15,16). The molecule has 0 saturated carbocycles. The lowest BCUT2D eigenvalue weighted by molar-refractivity contribution is 0.317. The molecule has 0 fully saturated rings. The molecule has 0 saturated heterocycles. The zero-order valence-electron chi connectivity index (χ0n) is 10.6. The SMILES string of the molecule is CCCOc1ccc(C(C)Nc2nncs2)cc1. The van der Waals surface area contributed by atoms with E-state index >= 15 is 0 Å². The molecule has 1 aromatic heterocycles. The van der Waals surface area contributed by atoms with Crippen molar-refractivity contribution in [3.8, 4) is 5.75 Å². The van der Waals surface area contributed by atoms with Crippen LogP contribution in [0.2, 0.25) is 0 Å². The molecule has 0 aliphatic heterocycles. The topological polar surface area (TPSA) is 47.0 Å². The van der Waals surface area contributed by atoms with E-state index in [0.717, 1.165) is 23.9 Å². The van der Waals surface area contributed by atoms with Crippen LogP contribution in [-0.2, 0) is 0 Å². The Labute approximate surface area is 111 Å². The Balaban J connectivity index is 1.96. The molecule has 5 heteroatoms.